The Morgan fingerprint density at radius 3 is 1.15 bits per heavy atom. The van der Waals surface area contributed by atoms with Crippen LogP contribution in [0.4, 0.5) is 0 Å². The first-order valence-corrected chi connectivity index (χ1v) is 12.3. The van der Waals surface area contributed by atoms with E-state index in [4.69, 9.17) is 14.2 Å². The zero-order chi connectivity index (χ0) is 18.8. The molecule has 2 fully saturated rings. The van der Waals surface area contributed by atoms with Gasteiger partial charge >= 0.3 is 0 Å². The maximum atomic E-state index is 5.79. The van der Waals surface area contributed by atoms with E-state index in [1.807, 2.05) is 0 Å². The Morgan fingerprint density at radius 1 is 0.481 bits per heavy atom. The molecule has 2 heterocycles. The van der Waals surface area contributed by atoms with Crippen LogP contribution in [0.5, 0.6) is 0 Å². The largest absolute Gasteiger partial charge is 0.381 e. The molecule has 0 amide bonds. The first-order valence-electron chi connectivity index (χ1n) is 12.3. The van der Waals surface area contributed by atoms with Crippen LogP contribution in [0.3, 0.4) is 0 Å². The molecular weight excluding hydrogens is 336 g/mol. The fraction of sp³-hybridized carbons (Fsp3) is 1.00. The molecule has 3 heteroatoms. The lowest BCUT2D eigenvalue weighted by molar-refractivity contribution is -0.0557. The number of unbranched alkanes of at least 4 members (excludes halogenated alkanes) is 12. The molecule has 0 aromatic rings. The summed E-state index contributed by atoms with van der Waals surface area (Å²) in [6.45, 7) is 3.96. The van der Waals surface area contributed by atoms with Crippen molar-refractivity contribution in [2.75, 3.05) is 26.4 Å². The monoisotopic (exact) mass is 382 g/mol. The molecule has 2 atom stereocenters. The van der Waals surface area contributed by atoms with Gasteiger partial charge in [0, 0.05) is 26.4 Å². The Morgan fingerprint density at radius 2 is 0.815 bits per heavy atom. The van der Waals surface area contributed by atoms with Crippen molar-refractivity contribution in [3.05, 3.63) is 0 Å². The molecule has 0 aromatic heterocycles. The van der Waals surface area contributed by atoms with Gasteiger partial charge in [-0.15, -0.1) is 0 Å². The highest BCUT2D eigenvalue weighted by atomic mass is 16.5. The van der Waals surface area contributed by atoms with Crippen molar-refractivity contribution in [1.82, 2.24) is 0 Å². The first kappa shape index (κ1) is 23.2. The predicted molar refractivity (Wildman–Crippen MR) is 113 cm³/mol. The third-order valence-electron chi connectivity index (χ3n) is 6.22. The number of hydrogen-bond donors (Lipinski definition) is 0. The maximum absolute atomic E-state index is 5.79. The number of hydrogen-bond acceptors (Lipinski definition) is 3. The summed E-state index contributed by atoms with van der Waals surface area (Å²) in [7, 11) is 0. The minimum Gasteiger partial charge on any atom is -0.381 e. The van der Waals surface area contributed by atoms with E-state index in [0.717, 1.165) is 26.4 Å². The van der Waals surface area contributed by atoms with Gasteiger partial charge in [0.25, 0.3) is 0 Å². The topological polar surface area (TPSA) is 27.7 Å². The van der Waals surface area contributed by atoms with Gasteiger partial charge in [-0.05, 0) is 38.5 Å². The molecule has 2 rings (SSSR count). The summed E-state index contributed by atoms with van der Waals surface area (Å²) in [6, 6.07) is 0. The second-order valence-corrected chi connectivity index (χ2v) is 8.70. The van der Waals surface area contributed by atoms with Crippen LogP contribution in [0.2, 0.25) is 0 Å². The highest BCUT2D eigenvalue weighted by Crippen LogP contribution is 2.19. The van der Waals surface area contributed by atoms with Crippen LogP contribution in [0.15, 0.2) is 0 Å². The molecule has 0 N–H and O–H groups in total. The normalized spacial score (nSPS) is 21.8. The summed E-state index contributed by atoms with van der Waals surface area (Å²) in [4.78, 5) is 0. The summed E-state index contributed by atoms with van der Waals surface area (Å²) >= 11 is 0. The van der Waals surface area contributed by atoms with Crippen molar-refractivity contribution in [2.45, 2.75) is 128 Å². The van der Waals surface area contributed by atoms with Crippen LogP contribution in [-0.2, 0) is 14.2 Å². The Labute approximate surface area is 168 Å². The first-order chi connectivity index (χ1) is 13.4. The molecule has 2 unspecified atom stereocenters. The molecule has 2 saturated heterocycles. The van der Waals surface area contributed by atoms with Gasteiger partial charge in [-0.1, -0.05) is 77.0 Å². The van der Waals surface area contributed by atoms with Gasteiger partial charge in [0.2, 0.25) is 0 Å². The molecule has 0 aromatic carbocycles. The maximum Gasteiger partial charge on any atom is 0.0597 e. The standard InChI is InChI=1S/C24H46O3/c1(3-7-11-15-23-17-21-26-23)5-9-13-19-25-20-14-10-6-2-4-8-12-16-24-18-22-27-24/h23-24H,1-22H2. The van der Waals surface area contributed by atoms with E-state index >= 15 is 0 Å². The van der Waals surface area contributed by atoms with Crippen LogP contribution >= 0.6 is 0 Å². The van der Waals surface area contributed by atoms with Crippen LogP contribution in [0.25, 0.3) is 0 Å². The van der Waals surface area contributed by atoms with Crippen molar-refractivity contribution < 1.29 is 14.2 Å². The van der Waals surface area contributed by atoms with E-state index in [2.05, 4.69) is 0 Å². The lowest BCUT2D eigenvalue weighted by atomic mass is 10.0. The van der Waals surface area contributed by atoms with E-state index in [1.54, 1.807) is 0 Å². The number of ether oxygens (including phenoxy) is 3. The highest BCUT2D eigenvalue weighted by Gasteiger charge is 2.17. The van der Waals surface area contributed by atoms with Crippen LogP contribution in [0, 0.1) is 0 Å². The molecule has 0 spiro atoms. The van der Waals surface area contributed by atoms with Crippen molar-refractivity contribution in [1.29, 1.82) is 0 Å². The average Bonchev–Trinajstić information content (AvgIpc) is 2.60. The van der Waals surface area contributed by atoms with E-state index in [9.17, 15) is 0 Å². The predicted octanol–water partition coefficient (Wildman–Crippen LogP) is 6.82. The fourth-order valence-electron chi connectivity index (χ4n) is 4.05. The zero-order valence-electron chi connectivity index (χ0n) is 17.9. The van der Waals surface area contributed by atoms with Crippen molar-refractivity contribution >= 4 is 0 Å². The number of rotatable bonds is 20. The highest BCUT2D eigenvalue weighted by molar-refractivity contribution is 4.66. The van der Waals surface area contributed by atoms with Gasteiger partial charge in [0.15, 0.2) is 0 Å². The Balaban J connectivity index is 1.15. The molecule has 0 saturated carbocycles. The molecule has 3 nitrogen and oxygen atoms in total. The van der Waals surface area contributed by atoms with Crippen LogP contribution < -0.4 is 0 Å². The average molecular weight is 383 g/mol. The molecule has 0 bridgehead atoms. The lowest BCUT2D eigenvalue weighted by Crippen LogP contribution is -2.26. The van der Waals surface area contributed by atoms with Crippen molar-refractivity contribution in [2.24, 2.45) is 0 Å². The van der Waals surface area contributed by atoms with Gasteiger partial charge in [-0.2, -0.15) is 0 Å². The summed E-state index contributed by atoms with van der Waals surface area (Å²) in [5.74, 6) is 0. The second-order valence-electron chi connectivity index (χ2n) is 8.70. The minimum absolute atomic E-state index is 0.610. The lowest BCUT2D eigenvalue weighted by Gasteiger charge is -2.26. The molecule has 2 aliphatic heterocycles. The molecule has 160 valence electrons. The van der Waals surface area contributed by atoms with E-state index in [-0.39, 0.29) is 0 Å². The van der Waals surface area contributed by atoms with Gasteiger partial charge < -0.3 is 14.2 Å². The molecule has 27 heavy (non-hydrogen) atoms. The third-order valence-corrected chi connectivity index (χ3v) is 6.22. The molecule has 2 aliphatic rings. The molecule has 0 aliphatic carbocycles. The smallest absolute Gasteiger partial charge is 0.0597 e. The van der Waals surface area contributed by atoms with Crippen molar-refractivity contribution in [3.8, 4) is 0 Å². The molecule has 0 radical (unpaired) electrons. The summed E-state index contributed by atoms with van der Waals surface area (Å²) in [5, 5.41) is 0. The van der Waals surface area contributed by atoms with Gasteiger partial charge in [-0.25, -0.2) is 0 Å². The van der Waals surface area contributed by atoms with Crippen LogP contribution in [-0.4, -0.2) is 38.6 Å². The van der Waals surface area contributed by atoms with E-state index in [0.29, 0.717) is 12.2 Å². The van der Waals surface area contributed by atoms with Crippen molar-refractivity contribution in [3.63, 3.8) is 0 Å². The summed E-state index contributed by atoms with van der Waals surface area (Å²) < 4.78 is 16.7. The quantitative estimate of drug-likeness (QED) is 0.216. The Kier molecular flexibility index (Phi) is 14.4. The van der Waals surface area contributed by atoms with Gasteiger partial charge in [-0.3, -0.25) is 0 Å². The SMILES string of the molecule is C(CCCCOCCCCCCCCCC1CCO1)CCCCC1CCO1. The Hall–Kier alpha value is -0.120. The fourth-order valence-corrected chi connectivity index (χ4v) is 4.05. The van der Waals surface area contributed by atoms with Crippen LogP contribution in [0.1, 0.15) is 116 Å². The summed E-state index contributed by atoms with van der Waals surface area (Å²) in [5.41, 5.74) is 0. The molecular formula is C24H46O3. The minimum atomic E-state index is 0.610. The zero-order valence-corrected chi connectivity index (χ0v) is 17.9. The Bertz CT molecular complexity index is 283. The third kappa shape index (κ3) is 12.9. The summed E-state index contributed by atoms with van der Waals surface area (Å²) in [6.07, 6.45) is 25.5. The van der Waals surface area contributed by atoms with E-state index in [1.165, 1.54) is 116 Å². The van der Waals surface area contributed by atoms with Gasteiger partial charge in [0.1, 0.15) is 0 Å². The second kappa shape index (κ2) is 16.8. The van der Waals surface area contributed by atoms with Gasteiger partial charge in [0.05, 0.1) is 12.2 Å². The van der Waals surface area contributed by atoms with E-state index < -0.39 is 0 Å².